The van der Waals surface area contributed by atoms with Crippen molar-refractivity contribution in [3.05, 3.63) is 53.2 Å². The van der Waals surface area contributed by atoms with Crippen LogP contribution in [0.25, 0.3) is 11.4 Å². The number of amides is 1. The Hall–Kier alpha value is -3.49. The van der Waals surface area contributed by atoms with Crippen LogP contribution in [-0.2, 0) is 24.2 Å². The predicted octanol–water partition coefficient (Wildman–Crippen LogP) is 2.00. The Morgan fingerprint density at radius 1 is 1.39 bits per heavy atom. The molecule has 0 saturated heterocycles. The van der Waals surface area contributed by atoms with Gasteiger partial charge >= 0.3 is 5.97 Å². The number of nitrogens with zero attached hydrogens (tertiary/aromatic N) is 4. The highest BCUT2D eigenvalue weighted by Crippen LogP contribution is 2.33. The molecule has 1 aromatic carbocycles. The minimum atomic E-state index is -1.01. The van der Waals surface area contributed by atoms with Crippen molar-refractivity contribution in [2.24, 2.45) is 0 Å². The summed E-state index contributed by atoms with van der Waals surface area (Å²) in [6, 6.07) is 5.85. The molecular weight excluding hydrogens is 362 g/mol. The number of aliphatic carboxylic acids is 1. The SMILES string of the molecule is CCc1nc(-c2ccc3c(c2)CC[C@H]3NC(=O)c2cnn(CC(=O)O)c2)no1. The molecule has 144 valence electrons. The van der Waals surface area contributed by atoms with Gasteiger partial charge in [0.1, 0.15) is 6.54 Å². The van der Waals surface area contributed by atoms with Gasteiger partial charge in [0.25, 0.3) is 5.91 Å². The number of rotatable bonds is 6. The minimum absolute atomic E-state index is 0.101. The molecule has 2 aromatic heterocycles. The summed E-state index contributed by atoms with van der Waals surface area (Å²) in [4.78, 5) is 27.6. The molecule has 1 atom stereocenters. The van der Waals surface area contributed by atoms with Crippen LogP contribution in [-0.4, -0.2) is 36.9 Å². The molecule has 1 aliphatic rings. The summed E-state index contributed by atoms with van der Waals surface area (Å²) in [7, 11) is 0. The van der Waals surface area contributed by atoms with E-state index in [9.17, 15) is 9.59 Å². The second-order valence-corrected chi connectivity index (χ2v) is 6.66. The lowest BCUT2D eigenvalue weighted by Crippen LogP contribution is -2.26. The Morgan fingerprint density at radius 2 is 2.25 bits per heavy atom. The van der Waals surface area contributed by atoms with Gasteiger partial charge in [-0.1, -0.05) is 24.2 Å². The van der Waals surface area contributed by atoms with E-state index in [1.165, 1.54) is 17.1 Å². The molecule has 0 bridgehead atoms. The van der Waals surface area contributed by atoms with Gasteiger partial charge < -0.3 is 14.9 Å². The highest BCUT2D eigenvalue weighted by atomic mass is 16.5. The van der Waals surface area contributed by atoms with Crippen molar-refractivity contribution in [1.29, 1.82) is 0 Å². The fourth-order valence-electron chi connectivity index (χ4n) is 3.37. The molecule has 28 heavy (non-hydrogen) atoms. The Balaban J connectivity index is 1.48. The van der Waals surface area contributed by atoms with Gasteiger partial charge in [0, 0.05) is 18.2 Å². The molecule has 1 aliphatic carbocycles. The molecule has 0 fully saturated rings. The summed E-state index contributed by atoms with van der Waals surface area (Å²) in [6.07, 6.45) is 5.13. The lowest BCUT2D eigenvalue weighted by atomic mass is 10.0. The smallest absolute Gasteiger partial charge is 0.325 e. The Morgan fingerprint density at radius 3 is 3.00 bits per heavy atom. The fourth-order valence-corrected chi connectivity index (χ4v) is 3.37. The zero-order chi connectivity index (χ0) is 19.7. The molecule has 0 saturated carbocycles. The van der Waals surface area contributed by atoms with Crippen LogP contribution in [0.5, 0.6) is 0 Å². The third-order valence-corrected chi connectivity index (χ3v) is 4.75. The molecule has 2 heterocycles. The maximum atomic E-state index is 12.5. The number of carboxylic acids is 1. The summed E-state index contributed by atoms with van der Waals surface area (Å²) < 4.78 is 6.40. The van der Waals surface area contributed by atoms with E-state index in [4.69, 9.17) is 9.63 Å². The zero-order valence-electron chi connectivity index (χ0n) is 15.3. The maximum Gasteiger partial charge on any atom is 0.325 e. The van der Waals surface area contributed by atoms with Crippen molar-refractivity contribution in [3.8, 4) is 11.4 Å². The van der Waals surface area contributed by atoms with Crippen LogP contribution in [0.2, 0.25) is 0 Å². The second kappa shape index (κ2) is 7.26. The Labute approximate surface area is 160 Å². The first-order valence-electron chi connectivity index (χ1n) is 9.04. The van der Waals surface area contributed by atoms with Crippen molar-refractivity contribution < 1.29 is 19.2 Å². The van der Waals surface area contributed by atoms with E-state index < -0.39 is 5.97 Å². The first kappa shape index (κ1) is 17.9. The topological polar surface area (TPSA) is 123 Å². The fraction of sp³-hybridized carbons (Fsp3) is 0.316. The van der Waals surface area contributed by atoms with E-state index in [0.717, 1.165) is 29.5 Å². The average molecular weight is 381 g/mol. The standard InChI is InChI=1S/C19H19N5O4/c1-2-16-22-18(23-28-16)12-3-5-14-11(7-12)4-6-15(14)21-19(27)13-8-20-24(9-13)10-17(25)26/h3,5,7-9,15H,2,4,6,10H2,1H3,(H,21,27)(H,25,26)/t15-/m1/s1. The molecule has 2 N–H and O–H groups in total. The lowest BCUT2D eigenvalue weighted by Gasteiger charge is -2.13. The largest absolute Gasteiger partial charge is 0.480 e. The molecule has 9 heteroatoms. The van der Waals surface area contributed by atoms with Gasteiger partial charge in [-0.3, -0.25) is 14.3 Å². The van der Waals surface area contributed by atoms with E-state index >= 15 is 0 Å². The summed E-state index contributed by atoms with van der Waals surface area (Å²) in [5.74, 6) is -0.116. The van der Waals surface area contributed by atoms with E-state index in [0.29, 0.717) is 23.7 Å². The summed E-state index contributed by atoms with van der Waals surface area (Å²) >= 11 is 0. The number of fused-ring (bicyclic) bond motifs is 1. The minimum Gasteiger partial charge on any atom is -0.480 e. The third-order valence-electron chi connectivity index (χ3n) is 4.75. The van der Waals surface area contributed by atoms with E-state index in [-0.39, 0.29) is 18.5 Å². The Kier molecular flexibility index (Phi) is 4.64. The van der Waals surface area contributed by atoms with Gasteiger partial charge in [-0.05, 0) is 30.0 Å². The average Bonchev–Trinajstić information content (AvgIpc) is 3.40. The number of aromatic nitrogens is 4. The molecule has 0 spiro atoms. The number of benzene rings is 1. The number of nitrogens with one attached hydrogen (secondary N) is 1. The number of carbonyl (C=O) groups is 2. The number of carboxylic acid groups (broad SMARTS) is 1. The van der Waals surface area contributed by atoms with Crippen LogP contribution in [0, 0.1) is 0 Å². The number of hydrogen-bond donors (Lipinski definition) is 2. The normalized spacial score (nSPS) is 15.4. The van der Waals surface area contributed by atoms with Crippen molar-refractivity contribution in [3.63, 3.8) is 0 Å². The zero-order valence-corrected chi connectivity index (χ0v) is 15.3. The summed E-state index contributed by atoms with van der Waals surface area (Å²) in [6.45, 7) is 1.68. The van der Waals surface area contributed by atoms with E-state index in [1.54, 1.807) is 0 Å². The van der Waals surface area contributed by atoms with Gasteiger partial charge in [0.05, 0.1) is 17.8 Å². The monoisotopic (exact) mass is 381 g/mol. The second-order valence-electron chi connectivity index (χ2n) is 6.66. The third kappa shape index (κ3) is 3.51. The van der Waals surface area contributed by atoms with Crippen molar-refractivity contribution in [2.45, 2.75) is 38.8 Å². The quantitative estimate of drug-likeness (QED) is 0.669. The summed E-state index contributed by atoms with van der Waals surface area (Å²) in [5, 5.41) is 19.7. The van der Waals surface area contributed by atoms with Crippen LogP contribution < -0.4 is 5.32 Å². The number of hydrogen-bond acceptors (Lipinski definition) is 6. The molecule has 1 amide bonds. The summed E-state index contributed by atoms with van der Waals surface area (Å²) in [5.41, 5.74) is 3.44. The predicted molar refractivity (Wildman–Crippen MR) is 97.5 cm³/mol. The first-order chi connectivity index (χ1) is 13.5. The highest BCUT2D eigenvalue weighted by molar-refractivity contribution is 5.94. The number of aryl methyl sites for hydroxylation is 2. The van der Waals surface area contributed by atoms with Gasteiger partial charge in [-0.15, -0.1) is 0 Å². The molecule has 9 nitrogen and oxygen atoms in total. The van der Waals surface area contributed by atoms with Crippen LogP contribution in [0.3, 0.4) is 0 Å². The van der Waals surface area contributed by atoms with Crippen LogP contribution >= 0.6 is 0 Å². The lowest BCUT2D eigenvalue weighted by molar-refractivity contribution is -0.137. The van der Waals surface area contributed by atoms with Gasteiger partial charge in [0.2, 0.25) is 11.7 Å². The molecule has 4 rings (SSSR count). The molecule has 0 radical (unpaired) electrons. The molecular formula is C19H19N5O4. The van der Waals surface area contributed by atoms with E-state index in [1.807, 2.05) is 25.1 Å². The molecule has 0 unspecified atom stereocenters. The van der Waals surface area contributed by atoms with Gasteiger partial charge in [-0.2, -0.15) is 10.1 Å². The van der Waals surface area contributed by atoms with E-state index in [2.05, 4.69) is 20.6 Å². The van der Waals surface area contributed by atoms with Gasteiger partial charge in [-0.25, -0.2) is 0 Å². The molecule has 0 aliphatic heterocycles. The van der Waals surface area contributed by atoms with Crippen LogP contribution in [0.15, 0.2) is 35.1 Å². The molecule has 3 aromatic rings. The van der Waals surface area contributed by atoms with Crippen molar-refractivity contribution in [1.82, 2.24) is 25.2 Å². The Bertz CT molecular complexity index is 1040. The van der Waals surface area contributed by atoms with Crippen LogP contribution in [0.4, 0.5) is 0 Å². The number of carbonyl (C=O) groups excluding carboxylic acids is 1. The van der Waals surface area contributed by atoms with Crippen molar-refractivity contribution >= 4 is 11.9 Å². The van der Waals surface area contributed by atoms with Crippen molar-refractivity contribution in [2.75, 3.05) is 0 Å². The highest BCUT2D eigenvalue weighted by Gasteiger charge is 2.25. The first-order valence-corrected chi connectivity index (χ1v) is 9.04. The van der Waals surface area contributed by atoms with Crippen LogP contribution in [0.1, 0.15) is 46.8 Å². The maximum absolute atomic E-state index is 12.5. The van der Waals surface area contributed by atoms with Gasteiger partial charge in [0.15, 0.2) is 0 Å².